The first-order valence-electron chi connectivity index (χ1n) is 12.7. The molecule has 0 amide bonds. The van der Waals surface area contributed by atoms with Gasteiger partial charge >= 0.3 is 0 Å². The van der Waals surface area contributed by atoms with Gasteiger partial charge in [0, 0.05) is 10.8 Å². The van der Waals surface area contributed by atoms with Crippen molar-refractivity contribution in [2.45, 2.75) is 48.0 Å². The Balaban J connectivity index is 0.000000521. The molecule has 0 aromatic heterocycles. The minimum atomic E-state index is 0. The number of benzene rings is 5. The van der Waals surface area contributed by atoms with E-state index in [-0.39, 0.29) is 7.43 Å². The second-order valence-corrected chi connectivity index (χ2v) is 7.91. The Morgan fingerprint density at radius 2 is 0.744 bits per heavy atom. The van der Waals surface area contributed by atoms with Crippen LogP contribution in [0.25, 0.3) is 21.5 Å². The summed E-state index contributed by atoms with van der Waals surface area (Å²) in [5, 5.41) is 20.9. The van der Waals surface area contributed by atoms with Crippen LogP contribution < -0.4 is 9.47 Å². The smallest absolute Gasteiger partial charge is 0.292 e. The standard InChI is InChI=1S/2C11H7NO.C6H6.2C3H8.CH4/c2*12-8-13-11-7-3-5-9-4-1-2-6-10(9)11;1-2-4-6-5-3-1;2*1-3-2;/h2*1-7H;1-6H;2*3H2,1-2H3;1H4. The fourth-order valence-corrected chi connectivity index (χ4v) is 3.05. The van der Waals surface area contributed by atoms with Crippen molar-refractivity contribution >= 4 is 21.5 Å². The van der Waals surface area contributed by atoms with Gasteiger partial charge in [-0.25, -0.2) is 0 Å². The third-order valence-corrected chi connectivity index (χ3v) is 4.48. The predicted octanol–water partition coefficient (Wildman–Crippen LogP) is 10.6. The van der Waals surface area contributed by atoms with E-state index in [2.05, 4.69) is 27.7 Å². The van der Waals surface area contributed by atoms with Crippen LogP contribution in [0.2, 0.25) is 0 Å². The molecular weight excluding hydrogens is 480 g/mol. The lowest BCUT2D eigenvalue weighted by Crippen LogP contribution is -1.82. The SMILES string of the molecule is C.CCC.CCC.N#COc1cccc2ccccc12.N#COc1cccc2ccccc12.c1ccccc1. The number of hydrogen-bond donors (Lipinski definition) is 0. The fourth-order valence-electron chi connectivity index (χ4n) is 3.05. The summed E-state index contributed by atoms with van der Waals surface area (Å²) in [6.45, 7) is 8.50. The maximum absolute atomic E-state index is 8.41. The molecule has 0 spiro atoms. The minimum Gasteiger partial charge on any atom is -0.387 e. The second-order valence-electron chi connectivity index (χ2n) is 7.91. The topological polar surface area (TPSA) is 66.0 Å². The zero-order chi connectivity index (χ0) is 27.8. The first kappa shape index (κ1) is 34.2. The number of hydrogen-bond acceptors (Lipinski definition) is 4. The Morgan fingerprint density at radius 1 is 0.462 bits per heavy atom. The molecule has 0 aliphatic heterocycles. The molecule has 0 heterocycles. The second kappa shape index (κ2) is 22.4. The lowest BCUT2D eigenvalue weighted by atomic mass is 10.1. The van der Waals surface area contributed by atoms with Crippen LogP contribution in [0.5, 0.6) is 11.5 Å². The van der Waals surface area contributed by atoms with Crippen LogP contribution in [0.3, 0.4) is 0 Å². The first-order valence-corrected chi connectivity index (χ1v) is 12.7. The summed E-state index contributed by atoms with van der Waals surface area (Å²) in [6.07, 6.45) is 5.85. The molecule has 0 fully saturated rings. The summed E-state index contributed by atoms with van der Waals surface area (Å²) in [5.74, 6) is 1.22. The van der Waals surface area contributed by atoms with Crippen LogP contribution in [-0.4, -0.2) is 0 Å². The van der Waals surface area contributed by atoms with E-state index < -0.39 is 0 Å². The van der Waals surface area contributed by atoms with Crippen LogP contribution in [0.15, 0.2) is 121 Å². The fraction of sp³-hybridized carbons (Fsp3) is 0.200. The van der Waals surface area contributed by atoms with Gasteiger partial charge in [0.05, 0.1) is 0 Å². The highest BCUT2D eigenvalue weighted by molar-refractivity contribution is 5.89. The van der Waals surface area contributed by atoms with Gasteiger partial charge in [0.1, 0.15) is 11.5 Å². The molecular formula is C35H40N2O2. The lowest BCUT2D eigenvalue weighted by molar-refractivity contribution is 0.513. The molecule has 0 atom stereocenters. The molecule has 0 saturated heterocycles. The van der Waals surface area contributed by atoms with Crippen LogP contribution in [0, 0.1) is 23.0 Å². The molecule has 0 aliphatic carbocycles. The first-order chi connectivity index (χ1) is 18.7. The quantitative estimate of drug-likeness (QED) is 0.217. The Kier molecular flexibility index (Phi) is 19.6. The molecule has 5 aromatic rings. The molecule has 0 unspecified atom stereocenters. The summed E-state index contributed by atoms with van der Waals surface area (Å²) in [4.78, 5) is 0. The molecule has 4 heteroatoms. The Hall–Kier alpha value is -4.80. The number of rotatable bonds is 2. The Bertz CT molecular complexity index is 1260. The normalized spacial score (nSPS) is 8.46. The van der Waals surface area contributed by atoms with Gasteiger partial charge in [-0.1, -0.05) is 157 Å². The van der Waals surface area contributed by atoms with Crippen molar-refractivity contribution in [3.05, 3.63) is 121 Å². The van der Waals surface area contributed by atoms with E-state index in [9.17, 15) is 0 Å². The monoisotopic (exact) mass is 520 g/mol. The maximum atomic E-state index is 8.41. The van der Waals surface area contributed by atoms with Crippen LogP contribution in [0.4, 0.5) is 0 Å². The van der Waals surface area contributed by atoms with Crippen molar-refractivity contribution < 1.29 is 9.47 Å². The van der Waals surface area contributed by atoms with Crippen molar-refractivity contribution in [2.75, 3.05) is 0 Å². The van der Waals surface area contributed by atoms with Gasteiger partial charge in [-0.15, -0.1) is 10.5 Å². The van der Waals surface area contributed by atoms with E-state index in [1.165, 1.54) is 12.8 Å². The maximum Gasteiger partial charge on any atom is 0.292 e. The van der Waals surface area contributed by atoms with Gasteiger partial charge in [0.15, 0.2) is 0 Å². The van der Waals surface area contributed by atoms with Crippen molar-refractivity contribution in [2.24, 2.45) is 0 Å². The molecule has 0 N–H and O–H groups in total. The predicted molar refractivity (Wildman–Crippen MR) is 165 cm³/mol. The molecule has 5 aromatic carbocycles. The van der Waals surface area contributed by atoms with Crippen LogP contribution in [-0.2, 0) is 0 Å². The van der Waals surface area contributed by atoms with Gasteiger partial charge < -0.3 is 9.47 Å². The van der Waals surface area contributed by atoms with Gasteiger partial charge in [0.25, 0.3) is 12.5 Å². The average molecular weight is 521 g/mol. The third-order valence-electron chi connectivity index (χ3n) is 4.48. The zero-order valence-electron chi connectivity index (χ0n) is 22.7. The van der Waals surface area contributed by atoms with E-state index in [0.717, 1.165) is 21.5 Å². The zero-order valence-corrected chi connectivity index (χ0v) is 22.7. The van der Waals surface area contributed by atoms with E-state index in [0.29, 0.717) is 11.5 Å². The summed E-state index contributed by atoms with van der Waals surface area (Å²) in [6, 6.07) is 38.9. The summed E-state index contributed by atoms with van der Waals surface area (Å²) in [5.41, 5.74) is 0. The largest absolute Gasteiger partial charge is 0.387 e. The van der Waals surface area contributed by atoms with E-state index in [4.69, 9.17) is 20.0 Å². The molecule has 0 saturated carbocycles. The number of ether oxygens (including phenoxy) is 2. The molecule has 0 bridgehead atoms. The third kappa shape index (κ3) is 13.4. The Labute approximate surface area is 234 Å². The highest BCUT2D eigenvalue weighted by Crippen LogP contribution is 2.25. The summed E-state index contributed by atoms with van der Waals surface area (Å²) in [7, 11) is 0. The minimum absolute atomic E-state index is 0. The molecule has 202 valence electrons. The highest BCUT2D eigenvalue weighted by Gasteiger charge is 2.00. The number of nitriles is 2. The molecule has 0 aliphatic rings. The van der Waals surface area contributed by atoms with Gasteiger partial charge in [0.2, 0.25) is 0 Å². The molecule has 4 nitrogen and oxygen atoms in total. The average Bonchev–Trinajstić information content (AvgIpc) is 2.96. The number of fused-ring (bicyclic) bond motifs is 2. The highest BCUT2D eigenvalue weighted by atomic mass is 16.5. The van der Waals surface area contributed by atoms with Crippen molar-refractivity contribution in [1.82, 2.24) is 0 Å². The molecule has 39 heavy (non-hydrogen) atoms. The van der Waals surface area contributed by atoms with E-state index in [1.807, 2.05) is 109 Å². The van der Waals surface area contributed by atoms with Crippen molar-refractivity contribution in [3.63, 3.8) is 0 Å². The van der Waals surface area contributed by atoms with Gasteiger partial charge in [-0.05, 0) is 22.9 Å². The van der Waals surface area contributed by atoms with Crippen molar-refractivity contribution in [1.29, 1.82) is 10.5 Å². The van der Waals surface area contributed by atoms with Gasteiger partial charge in [-0.3, -0.25) is 0 Å². The lowest BCUT2D eigenvalue weighted by Gasteiger charge is -2.00. The number of nitrogens with zero attached hydrogens (tertiary/aromatic N) is 2. The van der Waals surface area contributed by atoms with Crippen molar-refractivity contribution in [3.8, 4) is 24.0 Å². The Morgan fingerprint density at radius 3 is 1.05 bits per heavy atom. The van der Waals surface area contributed by atoms with E-state index in [1.54, 1.807) is 24.6 Å². The summed E-state index contributed by atoms with van der Waals surface area (Å²) >= 11 is 0. The molecule has 5 rings (SSSR count). The molecule has 0 radical (unpaired) electrons. The van der Waals surface area contributed by atoms with E-state index >= 15 is 0 Å². The summed E-state index contributed by atoms with van der Waals surface area (Å²) < 4.78 is 9.65. The van der Waals surface area contributed by atoms with Crippen LogP contribution >= 0.6 is 0 Å². The van der Waals surface area contributed by atoms with Crippen LogP contribution in [0.1, 0.15) is 48.0 Å². The van der Waals surface area contributed by atoms with Gasteiger partial charge in [-0.2, -0.15) is 0 Å².